The molecule has 2 saturated carbocycles. The Kier molecular flexibility index (Phi) is 12.9. The maximum Gasteiger partial charge on any atom is 0.573 e. The van der Waals surface area contributed by atoms with E-state index in [1.165, 1.54) is 37.1 Å². The molecule has 2 aromatic heterocycles. The minimum Gasteiger partial charge on any atom is -0.406 e. The van der Waals surface area contributed by atoms with E-state index in [0.29, 0.717) is 35.1 Å². The van der Waals surface area contributed by atoms with Crippen molar-refractivity contribution in [2.75, 3.05) is 10.6 Å². The second kappa shape index (κ2) is 17.6. The SMILES string of the molecule is C[C@@H]1C[C@H](n2c(Nc3ccc(OC(F)(F)F)cc3)nc3cc(Br)ccc32)CC(C)(C)C1.C[C@H]1C[C@@H](n2c(Nc3ccc(OC(F)(F)F)cc3)nc3cc(Br)ccc32)CC(C)(C)C1. The lowest BCUT2D eigenvalue weighted by Crippen LogP contribution is -2.29. The first-order valence-corrected chi connectivity index (χ1v) is 22.2. The number of aromatic nitrogens is 4. The summed E-state index contributed by atoms with van der Waals surface area (Å²) < 4.78 is 89.0. The third kappa shape index (κ3) is 11.6. The highest BCUT2D eigenvalue weighted by molar-refractivity contribution is 9.10. The fourth-order valence-electron chi connectivity index (χ4n) is 9.78. The Hall–Kier alpha value is -4.44. The lowest BCUT2D eigenvalue weighted by molar-refractivity contribution is -0.275. The highest BCUT2D eigenvalue weighted by Crippen LogP contribution is 2.48. The molecule has 62 heavy (non-hydrogen) atoms. The zero-order valence-electron chi connectivity index (χ0n) is 35.3. The number of anilines is 4. The molecule has 0 saturated heterocycles. The molecule has 0 unspecified atom stereocenters. The molecule has 2 aliphatic carbocycles. The summed E-state index contributed by atoms with van der Waals surface area (Å²) in [6.07, 6.45) is -2.87. The van der Waals surface area contributed by atoms with Crippen molar-refractivity contribution in [2.24, 2.45) is 22.7 Å². The van der Waals surface area contributed by atoms with Gasteiger partial charge in [-0.05, 0) is 146 Å². The van der Waals surface area contributed by atoms with E-state index in [9.17, 15) is 26.3 Å². The standard InChI is InChI=1S/2C23H25BrF3N3O/c2*1-14-10-17(13-22(2,3)12-14)30-20-9-4-15(24)11-19(20)29-21(30)28-16-5-7-18(8-6-16)31-23(25,26)27/h2*4-9,11,14,17H,10,12-13H2,1-3H3,(H,28,29)/t2*14-,17+/m10/s1. The Bertz CT molecular complexity index is 2330. The van der Waals surface area contributed by atoms with Gasteiger partial charge in [0.2, 0.25) is 11.9 Å². The third-order valence-electron chi connectivity index (χ3n) is 11.4. The number of nitrogens with one attached hydrogen (secondary N) is 2. The molecule has 0 bridgehead atoms. The minimum atomic E-state index is -4.71. The first kappa shape index (κ1) is 45.6. The summed E-state index contributed by atoms with van der Waals surface area (Å²) in [5.41, 5.74) is 5.55. The number of imidazole rings is 2. The average Bonchev–Trinajstić information content (AvgIpc) is 3.67. The Morgan fingerprint density at radius 2 is 0.919 bits per heavy atom. The van der Waals surface area contributed by atoms with Crippen LogP contribution in [0.15, 0.2) is 93.9 Å². The maximum atomic E-state index is 12.4. The summed E-state index contributed by atoms with van der Waals surface area (Å²) >= 11 is 7.03. The van der Waals surface area contributed by atoms with Crippen molar-refractivity contribution in [2.45, 2.75) is 105 Å². The molecule has 16 heteroatoms. The van der Waals surface area contributed by atoms with Crippen LogP contribution in [0.3, 0.4) is 0 Å². The number of hydrogen-bond donors (Lipinski definition) is 2. The van der Waals surface area contributed by atoms with Crippen LogP contribution >= 0.6 is 31.9 Å². The fourth-order valence-corrected chi connectivity index (χ4v) is 10.5. The van der Waals surface area contributed by atoms with Gasteiger partial charge in [0.05, 0.1) is 22.1 Å². The quantitative estimate of drug-likeness (QED) is 0.148. The van der Waals surface area contributed by atoms with Crippen molar-refractivity contribution >= 4 is 77.2 Å². The third-order valence-corrected chi connectivity index (χ3v) is 12.4. The van der Waals surface area contributed by atoms with Crippen molar-refractivity contribution in [3.05, 3.63) is 93.9 Å². The van der Waals surface area contributed by atoms with E-state index in [1.54, 1.807) is 24.3 Å². The van der Waals surface area contributed by atoms with Gasteiger partial charge in [0.25, 0.3) is 0 Å². The van der Waals surface area contributed by atoms with E-state index in [4.69, 9.17) is 9.97 Å². The average molecular weight is 993 g/mol. The molecule has 0 aliphatic heterocycles. The summed E-state index contributed by atoms with van der Waals surface area (Å²) in [7, 11) is 0. The maximum absolute atomic E-state index is 12.4. The van der Waals surface area contributed by atoms with Crippen LogP contribution < -0.4 is 20.1 Å². The fraction of sp³-hybridized carbons (Fsp3) is 0.435. The zero-order chi connectivity index (χ0) is 44.8. The number of hydrogen-bond acceptors (Lipinski definition) is 6. The van der Waals surface area contributed by atoms with Crippen LogP contribution in [0.25, 0.3) is 22.1 Å². The van der Waals surface area contributed by atoms with Crippen LogP contribution in [0.2, 0.25) is 0 Å². The van der Waals surface area contributed by atoms with Crippen LogP contribution in [0.4, 0.5) is 49.6 Å². The highest BCUT2D eigenvalue weighted by Gasteiger charge is 2.37. The molecular weight excluding hydrogens is 942 g/mol. The van der Waals surface area contributed by atoms with E-state index in [0.717, 1.165) is 56.7 Å². The number of ether oxygens (including phenoxy) is 2. The first-order valence-electron chi connectivity index (χ1n) is 20.6. The van der Waals surface area contributed by atoms with E-state index in [2.05, 4.69) is 115 Å². The van der Waals surface area contributed by atoms with Gasteiger partial charge in [0, 0.05) is 32.4 Å². The number of fused-ring (bicyclic) bond motifs is 2. The second-order valence-corrected chi connectivity index (χ2v) is 20.2. The zero-order valence-corrected chi connectivity index (χ0v) is 38.4. The van der Waals surface area contributed by atoms with Gasteiger partial charge < -0.3 is 29.2 Å². The van der Waals surface area contributed by atoms with Gasteiger partial charge in [-0.1, -0.05) is 73.4 Å². The Labute approximate surface area is 374 Å². The molecule has 0 radical (unpaired) electrons. The normalized spacial score (nSPS) is 21.3. The molecule has 2 fully saturated rings. The van der Waals surface area contributed by atoms with Crippen molar-refractivity contribution in [1.82, 2.24) is 19.1 Å². The first-order chi connectivity index (χ1) is 29.0. The summed E-state index contributed by atoms with van der Waals surface area (Å²) in [6, 6.07) is 24.1. The predicted molar refractivity (Wildman–Crippen MR) is 239 cm³/mol. The summed E-state index contributed by atoms with van der Waals surface area (Å²) in [6.45, 7) is 13.8. The molecule has 4 atom stereocenters. The number of alkyl halides is 6. The number of nitrogens with zero attached hydrogens (tertiary/aromatic N) is 4. The Balaban J connectivity index is 0.000000186. The summed E-state index contributed by atoms with van der Waals surface area (Å²) in [5, 5.41) is 6.62. The Morgan fingerprint density at radius 1 is 0.565 bits per heavy atom. The summed E-state index contributed by atoms with van der Waals surface area (Å²) in [5.74, 6) is 2.05. The van der Waals surface area contributed by atoms with Gasteiger partial charge in [0.15, 0.2) is 0 Å². The minimum absolute atomic E-state index is 0.224. The van der Waals surface area contributed by atoms with Gasteiger partial charge in [-0.3, -0.25) is 0 Å². The molecule has 2 N–H and O–H groups in total. The van der Waals surface area contributed by atoms with Crippen LogP contribution in [-0.2, 0) is 0 Å². The molecule has 332 valence electrons. The molecule has 2 heterocycles. The van der Waals surface area contributed by atoms with Gasteiger partial charge >= 0.3 is 12.7 Å². The number of benzene rings is 4. The monoisotopic (exact) mass is 990 g/mol. The predicted octanol–water partition coefficient (Wildman–Crippen LogP) is 15.7. The molecule has 0 spiro atoms. The molecule has 6 aromatic rings. The second-order valence-electron chi connectivity index (χ2n) is 18.4. The van der Waals surface area contributed by atoms with Crippen LogP contribution in [0.5, 0.6) is 11.5 Å². The number of rotatable bonds is 8. The van der Waals surface area contributed by atoms with Crippen molar-refractivity contribution in [3.63, 3.8) is 0 Å². The van der Waals surface area contributed by atoms with Gasteiger partial charge in [0.1, 0.15) is 11.5 Å². The molecule has 4 aromatic carbocycles. The lowest BCUT2D eigenvalue weighted by Gasteiger charge is -2.40. The Morgan fingerprint density at radius 3 is 1.24 bits per heavy atom. The van der Waals surface area contributed by atoms with E-state index in [-0.39, 0.29) is 34.4 Å². The van der Waals surface area contributed by atoms with E-state index >= 15 is 0 Å². The van der Waals surface area contributed by atoms with Gasteiger partial charge in [-0.2, -0.15) is 0 Å². The van der Waals surface area contributed by atoms with Crippen LogP contribution in [0.1, 0.15) is 92.2 Å². The summed E-state index contributed by atoms with van der Waals surface area (Å²) in [4.78, 5) is 9.62. The molecule has 8 nitrogen and oxygen atoms in total. The van der Waals surface area contributed by atoms with Crippen molar-refractivity contribution in [1.29, 1.82) is 0 Å². The smallest absolute Gasteiger partial charge is 0.406 e. The lowest BCUT2D eigenvalue weighted by atomic mass is 9.70. The molecule has 0 amide bonds. The van der Waals surface area contributed by atoms with E-state index in [1.807, 2.05) is 24.3 Å². The molecule has 2 aliphatic rings. The van der Waals surface area contributed by atoms with Crippen molar-refractivity contribution in [3.8, 4) is 11.5 Å². The molecule has 8 rings (SSSR count). The van der Waals surface area contributed by atoms with E-state index < -0.39 is 12.7 Å². The largest absolute Gasteiger partial charge is 0.573 e. The van der Waals surface area contributed by atoms with Gasteiger partial charge in [-0.25, -0.2) is 9.97 Å². The highest BCUT2D eigenvalue weighted by atomic mass is 79.9. The number of halogens is 8. The topological polar surface area (TPSA) is 78.2 Å². The van der Waals surface area contributed by atoms with Crippen molar-refractivity contribution < 1.29 is 35.8 Å². The molecular formula is C46H50Br2F6N6O2. The van der Waals surface area contributed by atoms with Gasteiger partial charge in [-0.15, -0.1) is 26.3 Å². The van der Waals surface area contributed by atoms with Crippen LogP contribution in [0, 0.1) is 22.7 Å². The van der Waals surface area contributed by atoms with Crippen LogP contribution in [-0.4, -0.2) is 31.8 Å².